The molecule has 0 aliphatic rings. The summed E-state index contributed by atoms with van der Waals surface area (Å²) in [7, 11) is -2.85. The van der Waals surface area contributed by atoms with Crippen LogP contribution < -0.4 is 25.8 Å². The van der Waals surface area contributed by atoms with Gasteiger partial charge in [0.15, 0.2) is 0 Å². The van der Waals surface area contributed by atoms with Crippen molar-refractivity contribution < 1.29 is 37.0 Å². The number of nitrogens with one attached hydrogen (secondary N) is 3. The van der Waals surface area contributed by atoms with Gasteiger partial charge in [0.1, 0.15) is 18.4 Å². The molecule has 2 aromatic carbocycles. The lowest BCUT2D eigenvalue weighted by Crippen LogP contribution is -2.46. The molecule has 2 rings (SSSR count). The van der Waals surface area contributed by atoms with Crippen LogP contribution in [0.25, 0.3) is 0 Å². The summed E-state index contributed by atoms with van der Waals surface area (Å²) in [5.74, 6) is -0.566. The van der Waals surface area contributed by atoms with Crippen molar-refractivity contribution in [2.75, 3.05) is 33.4 Å². The maximum atomic E-state index is 12.4. The highest BCUT2D eigenvalue weighted by Gasteiger charge is 2.25. The van der Waals surface area contributed by atoms with Gasteiger partial charge < -0.3 is 30.6 Å². The SMILES string of the molecule is COC(=O)C(CN)NS(=O)(=O)c1ccc(OCCCC(=O)NCCNC(=O)OCc2ccccc2)cc1. The van der Waals surface area contributed by atoms with E-state index < -0.39 is 28.1 Å². The van der Waals surface area contributed by atoms with E-state index in [1.54, 1.807) is 0 Å². The maximum absolute atomic E-state index is 12.4. The number of amides is 2. The highest BCUT2D eigenvalue weighted by Crippen LogP contribution is 2.16. The number of carbonyl (C=O) groups excluding carboxylic acids is 3. The third-order valence-electron chi connectivity index (χ3n) is 4.90. The fraction of sp³-hybridized carbons (Fsp3) is 0.375. The Morgan fingerprint density at radius 1 is 0.973 bits per heavy atom. The Balaban J connectivity index is 1.61. The zero-order chi connectivity index (χ0) is 27.1. The molecule has 0 saturated carbocycles. The van der Waals surface area contributed by atoms with Crippen LogP contribution in [0, 0.1) is 0 Å². The fourth-order valence-electron chi connectivity index (χ4n) is 2.96. The molecule has 37 heavy (non-hydrogen) atoms. The predicted octanol–water partition coefficient (Wildman–Crippen LogP) is 0.667. The molecule has 1 atom stereocenters. The number of methoxy groups -OCH3 is 1. The zero-order valence-electron chi connectivity index (χ0n) is 20.5. The highest BCUT2D eigenvalue weighted by molar-refractivity contribution is 7.89. The lowest BCUT2D eigenvalue weighted by molar-refractivity contribution is -0.142. The number of nitrogens with two attached hydrogens (primary N) is 1. The summed E-state index contributed by atoms with van der Waals surface area (Å²) >= 11 is 0. The molecule has 0 aliphatic carbocycles. The number of benzene rings is 2. The van der Waals surface area contributed by atoms with Gasteiger partial charge in [0.25, 0.3) is 0 Å². The van der Waals surface area contributed by atoms with Crippen LogP contribution in [0.2, 0.25) is 0 Å². The molecule has 0 fully saturated rings. The summed E-state index contributed by atoms with van der Waals surface area (Å²) in [6, 6.07) is 13.7. The van der Waals surface area contributed by atoms with Gasteiger partial charge in [-0.3, -0.25) is 9.59 Å². The van der Waals surface area contributed by atoms with Crippen molar-refractivity contribution in [1.82, 2.24) is 15.4 Å². The number of sulfonamides is 1. The van der Waals surface area contributed by atoms with Gasteiger partial charge in [-0.25, -0.2) is 13.2 Å². The lowest BCUT2D eigenvalue weighted by atomic mass is 10.2. The number of esters is 1. The molecule has 0 aliphatic heterocycles. The first-order valence-corrected chi connectivity index (χ1v) is 13.0. The van der Waals surface area contributed by atoms with E-state index in [1.807, 2.05) is 30.3 Å². The summed E-state index contributed by atoms with van der Waals surface area (Å²) in [6.45, 7) is 0.632. The van der Waals surface area contributed by atoms with Crippen molar-refractivity contribution in [2.45, 2.75) is 30.4 Å². The summed E-state index contributed by atoms with van der Waals surface area (Å²) in [6.07, 6.45) is 0.0731. The minimum atomic E-state index is -3.99. The number of alkyl carbamates (subject to hydrolysis) is 1. The first-order chi connectivity index (χ1) is 17.7. The van der Waals surface area contributed by atoms with Crippen LogP contribution in [-0.4, -0.2) is 65.8 Å². The third kappa shape index (κ3) is 10.9. The van der Waals surface area contributed by atoms with Crippen LogP contribution >= 0.6 is 0 Å². The topological polar surface area (TPSA) is 175 Å². The molecule has 2 amide bonds. The van der Waals surface area contributed by atoms with Crippen molar-refractivity contribution in [2.24, 2.45) is 5.73 Å². The smallest absolute Gasteiger partial charge is 0.407 e. The van der Waals surface area contributed by atoms with E-state index in [9.17, 15) is 22.8 Å². The fourth-order valence-corrected chi connectivity index (χ4v) is 4.15. The van der Waals surface area contributed by atoms with Gasteiger partial charge in [-0.2, -0.15) is 4.72 Å². The predicted molar refractivity (Wildman–Crippen MR) is 134 cm³/mol. The molecule has 12 nitrogen and oxygen atoms in total. The number of ether oxygens (including phenoxy) is 3. The zero-order valence-corrected chi connectivity index (χ0v) is 21.3. The van der Waals surface area contributed by atoms with Gasteiger partial charge in [-0.1, -0.05) is 30.3 Å². The van der Waals surface area contributed by atoms with Crippen LogP contribution in [0.4, 0.5) is 4.79 Å². The average Bonchev–Trinajstić information content (AvgIpc) is 2.91. The molecule has 5 N–H and O–H groups in total. The van der Waals surface area contributed by atoms with E-state index in [0.29, 0.717) is 12.2 Å². The second-order valence-electron chi connectivity index (χ2n) is 7.69. The molecule has 0 spiro atoms. The number of carbonyl (C=O) groups is 3. The molecule has 2 aromatic rings. The second-order valence-corrected chi connectivity index (χ2v) is 9.41. The van der Waals surface area contributed by atoms with Gasteiger partial charge in [-0.15, -0.1) is 0 Å². The maximum Gasteiger partial charge on any atom is 0.407 e. The van der Waals surface area contributed by atoms with E-state index >= 15 is 0 Å². The van der Waals surface area contributed by atoms with Crippen molar-refractivity contribution in [3.8, 4) is 5.75 Å². The first-order valence-electron chi connectivity index (χ1n) is 11.5. The van der Waals surface area contributed by atoms with Gasteiger partial charge >= 0.3 is 12.1 Å². The van der Waals surface area contributed by atoms with E-state index in [0.717, 1.165) is 12.7 Å². The molecule has 202 valence electrons. The van der Waals surface area contributed by atoms with Crippen molar-refractivity contribution in [1.29, 1.82) is 0 Å². The Hall–Kier alpha value is -3.68. The Kier molecular flexibility index (Phi) is 12.3. The van der Waals surface area contributed by atoms with Gasteiger partial charge in [0.05, 0.1) is 18.6 Å². The molecule has 13 heteroatoms. The third-order valence-corrected chi connectivity index (χ3v) is 6.39. The van der Waals surface area contributed by atoms with Gasteiger partial charge in [0.2, 0.25) is 15.9 Å². The molecule has 0 aromatic heterocycles. The minimum absolute atomic E-state index is 0.0702. The molecule has 0 heterocycles. The van der Waals surface area contributed by atoms with E-state index in [-0.39, 0.29) is 50.1 Å². The summed E-state index contributed by atoms with van der Waals surface area (Å²) < 4.78 is 42.2. The number of hydrogen-bond donors (Lipinski definition) is 4. The Labute approximate surface area is 215 Å². The molecule has 0 bridgehead atoms. The van der Waals surface area contributed by atoms with Crippen LogP contribution in [0.1, 0.15) is 18.4 Å². The normalized spacial score (nSPS) is 11.7. The largest absolute Gasteiger partial charge is 0.494 e. The first kappa shape index (κ1) is 29.5. The molecular weight excluding hydrogens is 504 g/mol. The van der Waals surface area contributed by atoms with E-state index in [2.05, 4.69) is 20.1 Å². The summed E-state index contributed by atoms with van der Waals surface area (Å²) in [5.41, 5.74) is 6.30. The highest BCUT2D eigenvalue weighted by atomic mass is 32.2. The van der Waals surface area contributed by atoms with Crippen molar-refractivity contribution in [3.63, 3.8) is 0 Å². The summed E-state index contributed by atoms with van der Waals surface area (Å²) in [4.78, 5) is 35.1. The van der Waals surface area contributed by atoms with E-state index in [1.165, 1.54) is 24.3 Å². The van der Waals surface area contributed by atoms with Crippen molar-refractivity contribution in [3.05, 3.63) is 60.2 Å². The summed E-state index contributed by atoms with van der Waals surface area (Å²) in [5, 5.41) is 5.24. The van der Waals surface area contributed by atoms with Crippen LogP contribution in [-0.2, 0) is 35.7 Å². The monoisotopic (exact) mass is 536 g/mol. The standard InChI is InChI=1S/C24H32N4O8S/c1-34-23(30)21(16-25)28-37(32,33)20-11-9-19(10-12-20)35-15-5-8-22(29)26-13-14-27-24(31)36-17-18-6-3-2-4-7-18/h2-4,6-7,9-12,21,28H,5,8,13-17,25H2,1H3,(H,26,29)(H,27,31). The second kappa shape index (κ2) is 15.4. The van der Waals surface area contributed by atoms with Crippen LogP contribution in [0.5, 0.6) is 5.75 Å². The number of hydrogen-bond acceptors (Lipinski definition) is 9. The van der Waals surface area contributed by atoms with Crippen LogP contribution in [0.3, 0.4) is 0 Å². The van der Waals surface area contributed by atoms with Crippen molar-refractivity contribution >= 4 is 28.0 Å². The molecular formula is C24H32N4O8S. The Morgan fingerprint density at radius 2 is 1.65 bits per heavy atom. The Bertz CT molecular complexity index is 1110. The Morgan fingerprint density at radius 3 is 2.30 bits per heavy atom. The van der Waals surface area contributed by atoms with E-state index in [4.69, 9.17) is 15.2 Å². The lowest BCUT2D eigenvalue weighted by Gasteiger charge is -2.15. The average molecular weight is 537 g/mol. The number of rotatable bonds is 15. The quantitative estimate of drug-likeness (QED) is 0.188. The molecule has 1 unspecified atom stereocenters. The van der Waals surface area contributed by atoms with Gasteiger partial charge in [-0.05, 0) is 36.2 Å². The molecule has 0 saturated heterocycles. The van der Waals surface area contributed by atoms with Gasteiger partial charge in [0, 0.05) is 26.1 Å². The molecule has 0 radical (unpaired) electrons. The van der Waals surface area contributed by atoms with Crippen LogP contribution in [0.15, 0.2) is 59.5 Å². The minimum Gasteiger partial charge on any atom is -0.494 e.